The summed E-state index contributed by atoms with van der Waals surface area (Å²) in [6.07, 6.45) is 1.21. The van der Waals surface area contributed by atoms with E-state index >= 15 is 0 Å². The van der Waals surface area contributed by atoms with Gasteiger partial charge in [0.15, 0.2) is 9.84 Å². The molecule has 5 aromatic rings. The predicted molar refractivity (Wildman–Crippen MR) is 203 cm³/mol. The summed E-state index contributed by atoms with van der Waals surface area (Å²) in [5.74, 6) is 2.82. The number of halogens is 1. The summed E-state index contributed by atoms with van der Waals surface area (Å²) in [7, 11) is -3.32. The minimum absolute atomic E-state index is 0.266. The van der Waals surface area contributed by atoms with Gasteiger partial charge in [-0.15, -0.1) is 0 Å². The number of nitrogens with zero attached hydrogens (tertiary/aromatic N) is 1. The molecule has 0 saturated heterocycles. The van der Waals surface area contributed by atoms with Crippen LogP contribution in [0, 0.1) is 0 Å². The molecule has 0 amide bonds. The Hall–Kier alpha value is -3.93. The molecule has 0 aliphatic carbocycles. The van der Waals surface area contributed by atoms with Crippen molar-refractivity contribution in [1.82, 2.24) is 4.90 Å². The first kappa shape index (κ1) is 37.3. The lowest BCUT2D eigenvalue weighted by atomic mass is 9.99. The maximum atomic E-state index is 12.1. The molecule has 8 nitrogen and oxygen atoms in total. The second-order valence-electron chi connectivity index (χ2n) is 11.7. The van der Waals surface area contributed by atoms with E-state index in [0.29, 0.717) is 51.1 Å². The van der Waals surface area contributed by atoms with Gasteiger partial charge in [0.1, 0.15) is 36.2 Å². The maximum absolute atomic E-state index is 12.1. The zero-order valence-electron chi connectivity index (χ0n) is 28.6. The zero-order chi connectivity index (χ0) is 35.2. The molecule has 10 heteroatoms. The number of fused-ring (bicyclic) bond motifs is 1. The van der Waals surface area contributed by atoms with Gasteiger partial charge in [-0.1, -0.05) is 71.4 Å². The van der Waals surface area contributed by atoms with Gasteiger partial charge in [-0.2, -0.15) is 0 Å². The minimum Gasteiger partial charge on any atom is -0.492 e. The Kier molecular flexibility index (Phi) is 14.1. The van der Waals surface area contributed by atoms with Crippen LogP contribution in [0.3, 0.4) is 0 Å². The van der Waals surface area contributed by atoms with Crippen molar-refractivity contribution in [2.24, 2.45) is 0 Å². The molecule has 0 aromatic heterocycles. The molecule has 0 aliphatic rings. The van der Waals surface area contributed by atoms with Gasteiger partial charge in [0.2, 0.25) is 0 Å². The smallest absolute Gasteiger partial charge is 0.175 e. The third kappa shape index (κ3) is 11.0. The summed E-state index contributed by atoms with van der Waals surface area (Å²) in [5, 5.41) is 2.68. The fourth-order valence-electron chi connectivity index (χ4n) is 5.34. The van der Waals surface area contributed by atoms with Crippen molar-refractivity contribution in [3.63, 3.8) is 0 Å². The van der Waals surface area contributed by atoms with Crippen LogP contribution in [0.2, 0.25) is 0 Å². The molecule has 0 saturated carbocycles. The summed E-state index contributed by atoms with van der Waals surface area (Å²) >= 11 is 3.35. The number of hydrogen-bond donors (Lipinski definition) is 0. The van der Waals surface area contributed by atoms with E-state index in [1.807, 2.05) is 97.1 Å². The summed E-state index contributed by atoms with van der Waals surface area (Å²) in [5.41, 5.74) is 2.77. The number of sulfone groups is 1. The molecule has 0 aliphatic heterocycles. The van der Waals surface area contributed by atoms with E-state index < -0.39 is 9.84 Å². The van der Waals surface area contributed by atoms with Crippen molar-refractivity contribution in [3.05, 3.63) is 115 Å². The van der Waals surface area contributed by atoms with Crippen LogP contribution in [-0.2, 0) is 25.9 Å². The van der Waals surface area contributed by atoms with Crippen LogP contribution < -0.4 is 14.2 Å². The first-order valence-corrected chi connectivity index (χ1v) is 19.7. The second-order valence-corrected chi connectivity index (χ2v) is 14.5. The van der Waals surface area contributed by atoms with Crippen molar-refractivity contribution in [2.75, 3.05) is 64.3 Å². The number of benzene rings is 5. The molecule has 0 atom stereocenters. The van der Waals surface area contributed by atoms with Crippen molar-refractivity contribution in [1.29, 1.82) is 0 Å². The molecule has 0 spiro atoms. The van der Waals surface area contributed by atoms with E-state index in [1.165, 1.54) is 6.26 Å². The average molecular weight is 763 g/mol. The lowest BCUT2D eigenvalue weighted by Crippen LogP contribution is -2.31. The van der Waals surface area contributed by atoms with Crippen LogP contribution in [0.25, 0.3) is 21.9 Å². The predicted octanol–water partition coefficient (Wildman–Crippen LogP) is 8.41. The first-order chi connectivity index (χ1) is 24.3. The summed E-state index contributed by atoms with van der Waals surface area (Å²) in [6.45, 7) is 8.20. The average Bonchev–Trinajstić information content (AvgIpc) is 3.13. The van der Waals surface area contributed by atoms with Gasteiger partial charge in [-0.25, -0.2) is 8.42 Å². The van der Waals surface area contributed by atoms with E-state index in [-0.39, 0.29) is 4.90 Å². The van der Waals surface area contributed by atoms with Crippen molar-refractivity contribution in [2.45, 2.75) is 18.4 Å². The Labute approximate surface area is 303 Å². The van der Waals surface area contributed by atoms with Crippen LogP contribution in [-0.4, -0.2) is 77.6 Å². The minimum atomic E-state index is -3.32. The van der Waals surface area contributed by atoms with Crippen LogP contribution >= 0.6 is 15.9 Å². The third-order valence-electron chi connectivity index (χ3n) is 8.10. The molecule has 0 N–H and O–H groups in total. The summed E-state index contributed by atoms with van der Waals surface area (Å²) in [4.78, 5) is 2.56. The van der Waals surface area contributed by atoms with Gasteiger partial charge in [0, 0.05) is 35.6 Å². The Morgan fingerprint density at radius 2 is 1.36 bits per heavy atom. The topological polar surface area (TPSA) is 83.5 Å². The monoisotopic (exact) mass is 761 g/mol. The number of rotatable bonds is 20. The highest BCUT2D eigenvalue weighted by atomic mass is 79.9. The van der Waals surface area contributed by atoms with Crippen LogP contribution in [0.5, 0.6) is 23.0 Å². The fraction of sp³-hybridized carbons (Fsp3) is 0.300. The largest absolute Gasteiger partial charge is 0.492 e. The van der Waals surface area contributed by atoms with E-state index in [4.69, 9.17) is 23.7 Å². The first-order valence-electron chi connectivity index (χ1n) is 16.7. The number of likely N-dealkylation sites (N-methyl/N-ethyl adjacent to an activating group) is 1. The van der Waals surface area contributed by atoms with E-state index in [1.54, 1.807) is 12.1 Å². The van der Waals surface area contributed by atoms with Gasteiger partial charge in [0.05, 0.1) is 31.3 Å². The van der Waals surface area contributed by atoms with Crippen molar-refractivity contribution >= 4 is 36.5 Å². The molecule has 0 bridgehead atoms. The highest BCUT2D eigenvalue weighted by Gasteiger charge is 2.15. The third-order valence-corrected chi connectivity index (χ3v) is 9.55. The van der Waals surface area contributed by atoms with Gasteiger partial charge < -0.3 is 23.7 Å². The molecule has 0 unspecified atom stereocenters. The van der Waals surface area contributed by atoms with Crippen LogP contribution in [0.1, 0.15) is 12.5 Å². The molecule has 264 valence electrons. The SMILES string of the molecule is CCN(CCOCCOCCBr)CCOc1ccc(Oc2c(-c3ccc(S(C)(=O)=O)cc3)ccc3cc(OCc4ccccc4)ccc23)cc1. The normalized spacial score (nSPS) is 11.6. The standard InChI is InChI=1S/C40H44BrNO7S/c1-3-42(22-25-46-28-27-45-24-21-41)23-26-47-34-12-14-35(15-13-34)49-40-38(32-9-17-37(18-10-32)50(2,43)44)19-11-33-29-36(16-20-39(33)40)48-30-31-7-5-4-6-8-31/h4-20,29H,3,21-28,30H2,1-2H3. The molecule has 5 rings (SSSR count). The van der Waals surface area contributed by atoms with Crippen LogP contribution in [0.15, 0.2) is 114 Å². The Balaban J connectivity index is 1.27. The van der Waals surface area contributed by atoms with Gasteiger partial charge >= 0.3 is 0 Å². The van der Waals surface area contributed by atoms with Gasteiger partial charge in [-0.05, 0) is 83.7 Å². The highest BCUT2D eigenvalue weighted by Crippen LogP contribution is 2.41. The van der Waals surface area contributed by atoms with Gasteiger partial charge in [-0.3, -0.25) is 4.90 Å². The Morgan fingerprint density at radius 1 is 0.680 bits per heavy atom. The van der Waals surface area contributed by atoms with E-state index in [2.05, 4.69) is 27.8 Å². The number of alkyl halides is 1. The van der Waals surface area contributed by atoms with E-state index in [0.717, 1.165) is 63.9 Å². The Morgan fingerprint density at radius 3 is 2.06 bits per heavy atom. The van der Waals surface area contributed by atoms with Crippen molar-refractivity contribution < 1.29 is 32.1 Å². The molecule has 0 fully saturated rings. The van der Waals surface area contributed by atoms with Crippen molar-refractivity contribution in [3.8, 4) is 34.1 Å². The number of hydrogen-bond acceptors (Lipinski definition) is 8. The fourth-order valence-corrected chi connectivity index (χ4v) is 6.20. The summed E-state index contributed by atoms with van der Waals surface area (Å²) in [6, 6.07) is 34.5. The highest BCUT2D eigenvalue weighted by molar-refractivity contribution is 9.09. The second kappa shape index (κ2) is 18.9. The number of ether oxygens (including phenoxy) is 5. The van der Waals surface area contributed by atoms with Crippen LogP contribution in [0.4, 0.5) is 0 Å². The summed E-state index contributed by atoms with van der Waals surface area (Å²) < 4.78 is 54.1. The molecule has 0 radical (unpaired) electrons. The Bertz CT molecular complexity index is 1890. The lowest BCUT2D eigenvalue weighted by Gasteiger charge is -2.20. The molecular formula is C40H44BrNO7S. The quantitative estimate of drug-likeness (QED) is 0.0578. The molecule has 50 heavy (non-hydrogen) atoms. The zero-order valence-corrected chi connectivity index (χ0v) is 31.0. The molecule has 5 aromatic carbocycles. The molecule has 0 heterocycles. The van der Waals surface area contributed by atoms with Gasteiger partial charge in [0.25, 0.3) is 0 Å². The lowest BCUT2D eigenvalue weighted by molar-refractivity contribution is 0.0429. The molecular weight excluding hydrogens is 718 g/mol. The van der Waals surface area contributed by atoms with E-state index in [9.17, 15) is 8.42 Å². The maximum Gasteiger partial charge on any atom is 0.175 e.